The molecule has 0 saturated carbocycles. The van der Waals surface area contributed by atoms with E-state index in [0.717, 1.165) is 18.4 Å². The van der Waals surface area contributed by atoms with Crippen LogP contribution in [0.2, 0.25) is 0 Å². The molecule has 1 heterocycles. The normalized spacial score (nSPS) is 16.3. The van der Waals surface area contributed by atoms with Gasteiger partial charge in [-0.2, -0.15) is 0 Å². The van der Waals surface area contributed by atoms with Gasteiger partial charge in [0, 0.05) is 30.4 Å². The van der Waals surface area contributed by atoms with Crippen LogP contribution in [0.1, 0.15) is 42.6 Å². The summed E-state index contributed by atoms with van der Waals surface area (Å²) in [4.78, 5) is 27.2. The van der Waals surface area contributed by atoms with Gasteiger partial charge >= 0.3 is 0 Å². The maximum atomic E-state index is 13.1. The van der Waals surface area contributed by atoms with E-state index in [1.807, 2.05) is 49.1 Å². The maximum Gasteiger partial charge on any atom is 0.254 e. The standard InChI is InChI=1S/C22H26N2O3/c1-16(2)24(15-17-8-4-3-5-9-17)22(26)18-10-6-11-19(14-18)23-21(25)20-12-7-13-27-20/h3-6,8-11,14,16,20H,7,12-13,15H2,1-2H3,(H,23,25). The van der Waals surface area contributed by atoms with Crippen molar-refractivity contribution in [2.24, 2.45) is 0 Å². The first kappa shape index (κ1) is 19.1. The van der Waals surface area contributed by atoms with Crippen molar-refractivity contribution in [1.29, 1.82) is 0 Å². The fourth-order valence-corrected chi connectivity index (χ4v) is 3.17. The van der Waals surface area contributed by atoms with Crippen molar-refractivity contribution < 1.29 is 14.3 Å². The number of amides is 2. The fourth-order valence-electron chi connectivity index (χ4n) is 3.17. The van der Waals surface area contributed by atoms with Crippen LogP contribution in [0.4, 0.5) is 5.69 Å². The zero-order chi connectivity index (χ0) is 19.2. The lowest BCUT2D eigenvalue weighted by Gasteiger charge is -2.27. The minimum Gasteiger partial charge on any atom is -0.368 e. The first-order chi connectivity index (χ1) is 13.0. The van der Waals surface area contributed by atoms with E-state index in [1.54, 1.807) is 24.3 Å². The molecule has 2 amide bonds. The average molecular weight is 366 g/mol. The van der Waals surface area contributed by atoms with Gasteiger partial charge in [-0.15, -0.1) is 0 Å². The van der Waals surface area contributed by atoms with Gasteiger partial charge < -0.3 is 15.0 Å². The third-order valence-corrected chi connectivity index (χ3v) is 4.68. The minimum atomic E-state index is -0.394. The molecule has 0 aromatic heterocycles. The van der Waals surface area contributed by atoms with Gasteiger partial charge in [-0.3, -0.25) is 9.59 Å². The molecule has 0 radical (unpaired) electrons. The van der Waals surface area contributed by atoms with Gasteiger partial charge in [0.25, 0.3) is 11.8 Å². The van der Waals surface area contributed by atoms with Crippen molar-refractivity contribution in [3.63, 3.8) is 0 Å². The summed E-state index contributed by atoms with van der Waals surface area (Å²) in [6.45, 7) is 5.18. The average Bonchev–Trinajstić information content (AvgIpc) is 3.21. The second-order valence-electron chi connectivity index (χ2n) is 7.08. The molecule has 5 nitrogen and oxygen atoms in total. The predicted octanol–water partition coefficient (Wildman–Crippen LogP) is 3.85. The molecular weight excluding hydrogens is 340 g/mol. The monoisotopic (exact) mass is 366 g/mol. The molecule has 1 unspecified atom stereocenters. The highest BCUT2D eigenvalue weighted by Crippen LogP contribution is 2.19. The van der Waals surface area contributed by atoms with Crippen molar-refractivity contribution in [3.8, 4) is 0 Å². The molecule has 27 heavy (non-hydrogen) atoms. The largest absolute Gasteiger partial charge is 0.368 e. The fraction of sp³-hybridized carbons (Fsp3) is 0.364. The van der Waals surface area contributed by atoms with Crippen LogP contribution in [-0.4, -0.2) is 35.5 Å². The van der Waals surface area contributed by atoms with Gasteiger partial charge in [-0.1, -0.05) is 36.4 Å². The smallest absolute Gasteiger partial charge is 0.254 e. The van der Waals surface area contributed by atoms with Crippen molar-refractivity contribution in [2.75, 3.05) is 11.9 Å². The molecule has 5 heteroatoms. The Morgan fingerprint density at radius 2 is 1.93 bits per heavy atom. The van der Waals surface area contributed by atoms with E-state index >= 15 is 0 Å². The molecule has 2 aromatic carbocycles. The Hall–Kier alpha value is -2.66. The number of nitrogens with zero attached hydrogens (tertiary/aromatic N) is 1. The lowest BCUT2D eigenvalue weighted by atomic mass is 10.1. The number of nitrogens with one attached hydrogen (secondary N) is 1. The second-order valence-corrected chi connectivity index (χ2v) is 7.08. The second kappa shape index (κ2) is 8.82. The predicted molar refractivity (Wildman–Crippen MR) is 105 cm³/mol. The third-order valence-electron chi connectivity index (χ3n) is 4.68. The Morgan fingerprint density at radius 3 is 2.59 bits per heavy atom. The summed E-state index contributed by atoms with van der Waals surface area (Å²) in [6, 6.07) is 17.1. The highest BCUT2D eigenvalue weighted by atomic mass is 16.5. The van der Waals surface area contributed by atoms with E-state index in [9.17, 15) is 9.59 Å². The number of ether oxygens (including phenoxy) is 1. The SMILES string of the molecule is CC(C)N(Cc1ccccc1)C(=O)c1cccc(NC(=O)C2CCCO2)c1. The summed E-state index contributed by atoms with van der Waals surface area (Å²) in [7, 11) is 0. The summed E-state index contributed by atoms with van der Waals surface area (Å²) in [5, 5.41) is 2.86. The van der Waals surface area contributed by atoms with E-state index in [1.165, 1.54) is 0 Å². The molecule has 3 rings (SSSR count). The number of carbonyl (C=O) groups excluding carboxylic acids is 2. The Balaban J connectivity index is 1.73. The van der Waals surface area contributed by atoms with Gasteiger partial charge in [0.15, 0.2) is 0 Å². The van der Waals surface area contributed by atoms with E-state index in [-0.39, 0.29) is 17.9 Å². The molecular formula is C22H26N2O3. The molecule has 1 aliphatic rings. The van der Waals surface area contributed by atoms with Crippen molar-refractivity contribution in [2.45, 2.75) is 45.4 Å². The quantitative estimate of drug-likeness (QED) is 0.845. The van der Waals surface area contributed by atoms with Crippen LogP contribution in [0.5, 0.6) is 0 Å². The topological polar surface area (TPSA) is 58.6 Å². The van der Waals surface area contributed by atoms with Crippen LogP contribution in [0.3, 0.4) is 0 Å². The molecule has 1 fully saturated rings. The molecule has 0 aliphatic carbocycles. The zero-order valence-corrected chi connectivity index (χ0v) is 15.9. The number of benzene rings is 2. The summed E-state index contributed by atoms with van der Waals surface area (Å²) >= 11 is 0. The molecule has 1 saturated heterocycles. The van der Waals surface area contributed by atoms with Crippen LogP contribution >= 0.6 is 0 Å². The molecule has 0 spiro atoms. The van der Waals surface area contributed by atoms with Crippen LogP contribution in [0.25, 0.3) is 0 Å². The number of hydrogen-bond acceptors (Lipinski definition) is 3. The van der Waals surface area contributed by atoms with Crippen molar-refractivity contribution >= 4 is 17.5 Å². The molecule has 2 aromatic rings. The summed E-state index contributed by atoms with van der Waals surface area (Å²) in [5.74, 6) is -0.204. The van der Waals surface area contributed by atoms with Crippen molar-refractivity contribution in [1.82, 2.24) is 4.90 Å². The summed E-state index contributed by atoms with van der Waals surface area (Å²) in [6.07, 6.45) is 1.25. The van der Waals surface area contributed by atoms with Crippen molar-refractivity contribution in [3.05, 3.63) is 65.7 Å². The van der Waals surface area contributed by atoms with Gasteiger partial charge in [0.1, 0.15) is 6.10 Å². The van der Waals surface area contributed by atoms with Crippen LogP contribution in [0, 0.1) is 0 Å². The maximum absolute atomic E-state index is 13.1. The van der Waals surface area contributed by atoms with Gasteiger partial charge in [-0.25, -0.2) is 0 Å². The highest BCUT2D eigenvalue weighted by Gasteiger charge is 2.24. The lowest BCUT2D eigenvalue weighted by Crippen LogP contribution is -2.36. The van der Waals surface area contributed by atoms with Crippen LogP contribution in [0.15, 0.2) is 54.6 Å². The first-order valence-electron chi connectivity index (χ1n) is 9.42. The number of rotatable bonds is 6. The molecule has 1 atom stereocenters. The van der Waals surface area contributed by atoms with Gasteiger partial charge in [0.2, 0.25) is 0 Å². The van der Waals surface area contributed by atoms with Crippen LogP contribution in [-0.2, 0) is 16.1 Å². The molecule has 0 bridgehead atoms. The number of hydrogen-bond donors (Lipinski definition) is 1. The Bertz CT molecular complexity index is 783. The highest BCUT2D eigenvalue weighted by molar-refractivity contribution is 5.98. The van der Waals surface area contributed by atoms with Gasteiger partial charge in [-0.05, 0) is 50.5 Å². The lowest BCUT2D eigenvalue weighted by molar-refractivity contribution is -0.124. The number of anilines is 1. The summed E-state index contributed by atoms with van der Waals surface area (Å²) < 4.78 is 5.41. The summed E-state index contributed by atoms with van der Waals surface area (Å²) in [5.41, 5.74) is 2.26. The van der Waals surface area contributed by atoms with Crippen LogP contribution < -0.4 is 5.32 Å². The first-order valence-corrected chi connectivity index (χ1v) is 9.42. The van der Waals surface area contributed by atoms with E-state index in [2.05, 4.69) is 5.32 Å². The zero-order valence-electron chi connectivity index (χ0n) is 15.9. The number of carbonyl (C=O) groups is 2. The van der Waals surface area contributed by atoms with E-state index in [4.69, 9.17) is 4.74 Å². The molecule has 1 aliphatic heterocycles. The Kier molecular flexibility index (Phi) is 6.24. The molecule has 1 N–H and O–H groups in total. The van der Waals surface area contributed by atoms with Gasteiger partial charge in [0.05, 0.1) is 0 Å². The third kappa shape index (κ3) is 4.95. The Labute approximate surface area is 160 Å². The minimum absolute atomic E-state index is 0.0536. The van der Waals surface area contributed by atoms with E-state index in [0.29, 0.717) is 24.4 Å². The van der Waals surface area contributed by atoms with E-state index < -0.39 is 6.10 Å². The molecule has 142 valence electrons. The Morgan fingerprint density at radius 1 is 1.15 bits per heavy atom.